The first-order valence-corrected chi connectivity index (χ1v) is 6.32. The smallest absolute Gasteiger partial charge is 0.308 e. The third-order valence-corrected chi connectivity index (χ3v) is 3.22. The average Bonchev–Trinajstić information content (AvgIpc) is 3.14. The molecule has 1 unspecified atom stereocenters. The number of hydrogen-bond donors (Lipinski definition) is 1. The summed E-state index contributed by atoms with van der Waals surface area (Å²) >= 11 is 0. The lowest BCUT2D eigenvalue weighted by molar-refractivity contribution is -0.387. The van der Waals surface area contributed by atoms with Gasteiger partial charge in [-0.05, 0) is 25.3 Å². The minimum Gasteiger partial charge on any atom is -0.349 e. The fourth-order valence-corrected chi connectivity index (χ4v) is 2.09. The van der Waals surface area contributed by atoms with Gasteiger partial charge in [-0.15, -0.1) is 0 Å². The lowest BCUT2D eigenvalue weighted by Gasteiger charge is -2.13. The van der Waals surface area contributed by atoms with Crippen LogP contribution in [0.2, 0.25) is 0 Å². The fraction of sp³-hybridized carbons (Fsp3) is 0.462. The molecular formula is C13H14F2N2O3. The zero-order valence-electron chi connectivity index (χ0n) is 10.9. The van der Waals surface area contributed by atoms with Crippen LogP contribution in [0.4, 0.5) is 14.5 Å². The normalized spacial score (nSPS) is 15.8. The number of nitrogens with one attached hydrogen (secondary N) is 1. The van der Waals surface area contributed by atoms with E-state index in [1.807, 2.05) is 0 Å². The van der Waals surface area contributed by atoms with Crippen LogP contribution in [-0.4, -0.2) is 16.9 Å². The first-order chi connectivity index (χ1) is 9.38. The van der Waals surface area contributed by atoms with E-state index in [4.69, 9.17) is 0 Å². The van der Waals surface area contributed by atoms with Gasteiger partial charge < -0.3 is 5.32 Å². The molecule has 1 amide bonds. The summed E-state index contributed by atoms with van der Waals surface area (Å²) in [5, 5.41) is 13.1. The molecule has 1 aromatic carbocycles. The topological polar surface area (TPSA) is 72.2 Å². The molecule has 0 saturated heterocycles. The van der Waals surface area contributed by atoms with Gasteiger partial charge in [0.2, 0.25) is 5.82 Å². The first kappa shape index (κ1) is 14.4. The van der Waals surface area contributed by atoms with Crippen molar-refractivity contribution in [3.63, 3.8) is 0 Å². The van der Waals surface area contributed by atoms with Crippen molar-refractivity contribution in [3.8, 4) is 0 Å². The summed E-state index contributed by atoms with van der Waals surface area (Å²) in [5.74, 6) is -2.60. The molecule has 1 aliphatic rings. The largest absolute Gasteiger partial charge is 0.349 e. The summed E-state index contributed by atoms with van der Waals surface area (Å²) < 4.78 is 27.0. The fourth-order valence-electron chi connectivity index (χ4n) is 2.09. The average molecular weight is 284 g/mol. The van der Waals surface area contributed by atoms with Crippen molar-refractivity contribution in [2.75, 3.05) is 0 Å². The van der Waals surface area contributed by atoms with E-state index in [1.54, 1.807) is 6.92 Å². The van der Waals surface area contributed by atoms with E-state index in [0.717, 1.165) is 19.3 Å². The van der Waals surface area contributed by atoms with Crippen molar-refractivity contribution in [2.24, 2.45) is 5.92 Å². The van der Waals surface area contributed by atoms with Gasteiger partial charge in [0.1, 0.15) is 5.82 Å². The Kier molecular flexibility index (Phi) is 3.96. The van der Waals surface area contributed by atoms with E-state index in [-0.39, 0.29) is 6.04 Å². The molecular weight excluding hydrogens is 270 g/mol. The van der Waals surface area contributed by atoms with Crippen molar-refractivity contribution < 1.29 is 18.5 Å². The molecule has 2 rings (SSSR count). The summed E-state index contributed by atoms with van der Waals surface area (Å²) in [6.45, 7) is 1.77. The molecule has 1 atom stereocenters. The monoisotopic (exact) mass is 284 g/mol. The summed E-state index contributed by atoms with van der Waals surface area (Å²) in [6.07, 6.45) is 2.99. The predicted octanol–water partition coefficient (Wildman–Crippen LogP) is 2.79. The molecule has 0 radical (unpaired) electrons. The summed E-state index contributed by atoms with van der Waals surface area (Å²) in [6, 6.07) is 0.943. The van der Waals surface area contributed by atoms with Gasteiger partial charge in [0.05, 0.1) is 16.6 Å². The van der Waals surface area contributed by atoms with Crippen LogP contribution in [0, 0.1) is 27.7 Å². The van der Waals surface area contributed by atoms with Crippen molar-refractivity contribution in [3.05, 3.63) is 39.4 Å². The summed E-state index contributed by atoms with van der Waals surface area (Å²) in [7, 11) is 0. The number of carbonyl (C=O) groups excluding carboxylic acids is 1. The second-order valence-electron chi connectivity index (χ2n) is 5.10. The van der Waals surface area contributed by atoms with E-state index in [9.17, 15) is 23.7 Å². The second kappa shape index (κ2) is 5.52. The quantitative estimate of drug-likeness (QED) is 0.667. The predicted molar refractivity (Wildman–Crippen MR) is 67.3 cm³/mol. The Hall–Kier alpha value is -2.05. The van der Waals surface area contributed by atoms with Gasteiger partial charge in [-0.2, -0.15) is 4.39 Å². The zero-order valence-corrected chi connectivity index (χ0v) is 10.9. The minimum absolute atomic E-state index is 0.184. The Bertz CT molecular complexity index is 559. The molecule has 5 nitrogen and oxygen atoms in total. The number of nitro benzene ring substituents is 1. The van der Waals surface area contributed by atoms with Gasteiger partial charge in [0, 0.05) is 6.04 Å². The molecule has 1 aromatic rings. The zero-order chi connectivity index (χ0) is 14.9. The van der Waals surface area contributed by atoms with Gasteiger partial charge >= 0.3 is 5.69 Å². The van der Waals surface area contributed by atoms with Gasteiger partial charge in [0.15, 0.2) is 0 Å². The number of nitro groups is 1. The SMILES string of the molecule is CC(CC1CC1)NC(=O)c1cc(F)cc([N+](=O)[O-])c1F. The Labute approximate surface area is 114 Å². The Morgan fingerprint density at radius 3 is 2.70 bits per heavy atom. The van der Waals surface area contributed by atoms with Crippen molar-refractivity contribution >= 4 is 11.6 Å². The standard InChI is InChI=1S/C13H14F2N2O3/c1-7(4-8-2-3-8)16-13(18)10-5-9(14)6-11(12(10)15)17(19)20/h5-8H,2-4H2,1H3,(H,16,18). The van der Waals surface area contributed by atoms with Crippen LogP contribution in [0.3, 0.4) is 0 Å². The van der Waals surface area contributed by atoms with Gasteiger partial charge in [-0.3, -0.25) is 14.9 Å². The summed E-state index contributed by atoms with van der Waals surface area (Å²) in [4.78, 5) is 21.4. The third kappa shape index (κ3) is 3.28. The van der Waals surface area contributed by atoms with Crippen LogP contribution >= 0.6 is 0 Å². The maximum atomic E-state index is 13.8. The van der Waals surface area contributed by atoms with E-state index >= 15 is 0 Å². The third-order valence-electron chi connectivity index (χ3n) is 3.22. The Morgan fingerprint density at radius 1 is 1.50 bits per heavy atom. The molecule has 1 saturated carbocycles. The van der Waals surface area contributed by atoms with Crippen LogP contribution in [0.25, 0.3) is 0 Å². The van der Waals surface area contributed by atoms with E-state index in [0.29, 0.717) is 18.1 Å². The molecule has 7 heteroatoms. The number of carbonyl (C=O) groups is 1. The lowest BCUT2D eigenvalue weighted by Crippen LogP contribution is -2.33. The van der Waals surface area contributed by atoms with Crippen molar-refractivity contribution in [1.29, 1.82) is 0 Å². The molecule has 0 bridgehead atoms. The highest BCUT2D eigenvalue weighted by Gasteiger charge is 2.27. The van der Waals surface area contributed by atoms with Gasteiger partial charge in [0.25, 0.3) is 5.91 Å². The molecule has 0 aliphatic heterocycles. The molecule has 1 aliphatic carbocycles. The number of benzene rings is 1. The van der Waals surface area contributed by atoms with E-state index < -0.39 is 33.7 Å². The van der Waals surface area contributed by atoms with Crippen LogP contribution in [-0.2, 0) is 0 Å². The highest BCUT2D eigenvalue weighted by atomic mass is 19.1. The highest BCUT2D eigenvalue weighted by Crippen LogP contribution is 2.33. The molecule has 1 N–H and O–H groups in total. The number of rotatable bonds is 5. The lowest BCUT2D eigenvalue weighted by atomic mass is 10.1. The molecule has 0 aromatic heterocycles. The van der Waals surface area contributed by atoms with E-state index in [2.05, 4.69) is 5.32 Å². The minimum atomic E-state index is -1.31. The summed E-state index contributed by atoms with van der Waals surface area (Å²) in [5.41, 5.74) is -1.68. The van der Waals surface area contributed by atoms with Crippen LogP contribution in [0.15, 0.2) is 12.1 Å². The molecule has 108 valence electrons. The van der Waals surface area contributed by atoms with Crippen LogP contribution in [0.1, 0.15) is 36.5 Å². The number of nitrogens with zero attached hydrogens (tertiary/aromatic N) is 1. The van der Waals surface area contributed by atoms with Crippen molar-refractivity contribution in [1.82, 2.24) is 5.32 Å². The molecule has 0 heterocycles. The Balaban J connectivity index is 2.17. The maximum Gasteiger partial charge on any atom is 0.308 e. The Morgan fingerprint density at radius 2 is 2.15 bits per heavy atom. The van der Waals surface area contributed by atoms with Crippen LogP contribution in [0.5, 0.6) is 0 Å². The number of amides is 1. The van der Waals surface area contributed by atoms with Crippen LogP contribution < -0.4 is 5.32 Å². The molecule has 0 spiro atoms. The highest BCUT2D eigenvalue weighted by molar-refractivity contribution is 5.95. The van der Waals surface area contributed by atoms with Gasteiger partial charge in [-0.25, -0.2) is 4.39 Å². The van der Waals surface area contributed by atoms with Crippen molar-refractivity contribution in [2.45, 2.75) is 32.2 Å². The number of hydrogen-bond acceptors (Lipinski definition) is 3. The number of halogens is 2. The van der Waals surface area contributed by atoms with E-state index in [1.165, 1.54) is 0 Å². The second-order valence-corrected chi connectivity index (χ2v) is 5.10. The first-order valence-electron chi connectivity index (χ1n) is 6.32. The maximum absolute atomic E-state index is 13.8. The molecule has 1 fully saturated rings. The molecule has 20 heavy (non-hydrogen) atoms. The van der Waals surface area contributed by atoms with Gasteiger partial charge in [-0.1, -0.05) is 12.8 Å².